The number of aromatic nitrogens is 2. The van der Waals surface area contributed by atoms with Crippen molar-refractivity contribution in [1.82, 2.24) is 14.7 Å². The number of benzene rings is 1. The molecule has 27 heavy (non-hydrogen) atoms. The van der Waals surface area contributed by atoms with Gasteiger partial charge in [0.25, 0.3) is 5.91 Å². The molecule has 1 aromatic heterocycles. The molecule has 3 rings (SSSR count). The van der Waals surface area contributed by atoms with Crippen LogP contribution in [0.4, 0.5) is 13.2 Å². The van der Waals surface area contributed by atoms with Crippen LogP contribution in [0.3, 0.4) is 0 Å². The van der Waals surface area contributed by atoms with Crippen molar-refractivity contribution in [2.75, 3.05) is 6.54 Å². The first-order chi connectivity index (χ1) is 12.7. The number of likely N-dealkylation sites (tertiary alicyclic amines) is 1. The lowest BCUT2D eigenvalue weighted by atomic mass is 10.0. The van der Waals surface area contributed by atoms with Crippen molar-refractivity contribution < 1.29 is 18.0 Å². The molecule has 1 atom stereocenters. The second-order valence-corrected chi connectivity index (χ2v) is 6.77. The van der Waals surface area contributed by atoms with Crippen molar-refractivity contribution in [3.05, 3.63) is 57.5 Å². The molecule has 0 radical (unpaired) electrons. The van der Waals surface area contributed by atoms with Crippen LogP contribution in [0.1, 0.15) is 47.9 Å². The number of aryl methyl sites for hydroxylation is 1. The van der Waals surface area contributed by atoms with Crippen LogP contribution in [0.5, 0.6) is 0 Å². The Morgan fingerprint density at radius 3 is 2.59 bits per heavy atom. The maximum Gasteiger partial charge on any atom is 0.418 e. The minimum atomic E-state index is -4.58. The van der Waals surface area contributed by atoms with E-state index in [1.807, 2.05) is 6.92 Å². The highest BCUT2D eigenvalue weighted by Gasteiger charge is 2.34. The lowest BCUT2D eigenvalue weighted by Crippen LogP contribution is -2.44. The normalized spacial score (nSPS) is 17.8. The summed E-state index contributed by atoms with van der Waals surface area (Å²) in [5, 5.41) is 4.04. The molecule has 0 bridgehead atoms. The number of nitrogens with zero attached hydrogens (tertiary/aromatic N) is 3. The van der Waals surface area contributed by atoms with Gasteiger partial charge >= 0.3 is 6.18 Å². The van der Waals surface area contributed by atoms with Crippen molar-refractivity contribution in [2.45, 2.75) is 45.3 Å². The lowest BCUT2D eigenvalue weighted by molar-refractivity contribution is -0.137. The van der Waals surface area contributed by atoms with Crippen LogP contribution in [-0.4, -0.2) is 33.2 Å². The topological polar surface area (TPSA) is 55.2 Å². The summed E-state index contributed by atoms with van der Waals surface area (Å²) in [4.78, 5) is 26.8. The number of hydrogen-bond acceptors (Lipinski definition) is 3. The van der Waals surface area contributed by atoms with Gasteiger partial charge in [-0.1, -0.05) is 12.1 Å². The summed E-state index contributed by atoms with van der Waals surface area (Å²) < 4.78 is 41.1. The summed E-state index contributed by atoms with van der Waals surface area (Å²) in [6, 6.07) is 6.07. The highest BCUT2D eigenvalue weighted by atomic mass is 19.4. The molecule has 1 fully saturated rings. The number of hydrogen-bond donors (Lipinski definition) is 0. The fourth-order valence-electron chi connectivity index (χ4n) is 3.37. The highest BCUT2D eigenvalue weighted by molar-refractivity contribution is 5.92. The van der Waals surface area contributed by atoms with E-state index < -0.39 is 23.1 Å². The van der Waals surface area contributed by atoms with Gasteiger partial charge in [0.05, 0.1) is 11.3 Å². The Morgan fingerprint density at radius 2 is 1.93 bits per heavy atom. The number of halogens is 3. The lowest BCUT2D eigenvalue weighted by Gasteiger charge is -2.33. The molecule has 0 saturated carbocycles. The van der Waals surface area contributed by atoms with E-state index in [9.17, 15) is 22.8 Å². The summed E-state index contributed by atoms with van der Waals surface area (Å²) in [6.07, 6.45) is -1.94. The molecule has 1 aliphatic heterocycles. The van der Waals surface area contributed by atoms with Gasteiger partial charge in [-0.05, 0) is 45.2 Å². The van der Waals surface area contributed by atoms with E-state index in [0.717, 1.165) is 36.1 Å². The first kappa shape index (κ1) is 19.1. The van der Waals surface area contributed by atoms with Gasteiger partial charge in [0.2, 0.25) is 5.43 Å². The largest absolute Gasteiger partial charge is 0.418 e. The van der Waals surface area contributed by atoms with E-state index in [1.54, 1.807) is 4.90 Å². The van der Waals surface area contributed by atoms with Crippen LogP contribution in [0, 0.1) is 6.92 Å². The summed E-state index contributed by atoms with van der Waals surface area (Å²) in [5.41, 5.74) is -1.82. The summed E-state index contributed by atoms with van der Waals surface area (Å²) in [7, 11) is 0. The van der Waals surface area contributed by atoms with E-state index in [4.69, 9.17) is 0 Å². The number of amides is 1. The first-order valence-corrected chi connectivity index (χ1v) is 8.78. The molecular weight excluding hydrogens is 359 g/mol. The van der Waals surface area contributed by atoms with E-state index in [0.29, 0.717) is 6.54 Å². The van der Waals surface area contributed by atoms with Crippen molar-refractivity contribution in [3.63, 3.8) is 0 Å². The number of rotatable bonds is 2. The van der Waals surface area contributed by atoms with Gasteiger partial charge in [-0.2, -0.15) is 18.3 Å². The first-order valence-electron chi connectivity index (χ1n) is 8.78. The Kier molecular flexibility index (Phi) is 5.08. The predicted molar refractivity (Wildman–Crippen MR) is 93.9 cm³/mol. The third-order valence-corrected chi connectivity index (χ3v) is 4.81. The predicted octanol–water partition coefficient (Wildman–Crippen LogP) is 3.57. The molecule has 0 aliphatic carbocycles. The van der Waals surface area contributed by atoms with Crippen molar-refractivity contribution in [1.29, 1.82) is 0 Å². The minimum absolute atomic E-state index is 0.0373. The fourth-order valence-corrected chi connectivity index (χ4v) is 3.37. The highest BCUT2D eigenvalue weighted by Crippen LogP contribution is 2.33. The third-order valence-electron chi connectivity index (χ3n) is 4.81. The number of carbonyl (C=O) groups excluding carboxylic acids is 1. The second kappa shape index (κ2) is 7.17. The zero-order valence-electron chi connectivity index (χ0n) is 15.1. The Labute approximate surface area is 154 Å². The molecule has 1 aliphatic rings. The van der Waals surface area contributed by atoms with Crippen LogP contribution >= 0.6 is 0 Å². The standard InChI is InChI=1S/C19H20F3N3O2/c1-12-7-5-6-10-24(12)18(27)17-16(26)11-13(2)25(23-17)15-9-4-3-8-14(15)19(20,21)22/h3-4,8-9,11-12H,5-7,10H2,1-2H3/t12-/m0/s1. The Bertz CT molecular complexity index is 921. The van der Waals surface area contributed by atoms with E-state index in [1.165, 1.54) is 25.1 Å². The summed E-state index contributed by atoms with van der Waals surface area (Å²) in [5.74, 6) is -0.537. The molecular formula is C19H20F3N3O2. The van der Waals surface area contributed by atoms with Crippen molar-refractivity contribution in [2.24, 2.45) is 0 Å². The van der Waals surface area contributed by atoms with E-state index in [-0.39, 0.29) is 23.1 Å². The molecule has 1 saturated heterocycles. The van der Waals surface area contributed by atoms with Crippen molar-refractivity contribution >= 4 is 5.91 Å². The fraction of sp³-hybridized carbons (Fsp3) is 0.421. The molecule has 1 amide bonds. The van der Waals surface area contributed by atoms with Crippen LogP contribution in [0.15, 0.2) is 35.1 Å². The number of para-hydroxylation sites is 1. The van der Waals surface area contributed by atoms with Gasteiger partial charge in [0.1, 0.15) is 0 Å². The molecule has 0 N–H and O–H groups in total. The molecule has 144 valence electrons. The molecule has 0 unspecified atom stereocenters. The zero-order chi connectivity index (χ0) is 19.8. The van der Waals surface area contributed by atoms with E-state index >= 15 is 0 Å². The molecule has 8 heteroatoms. The Balaban J connectivity index is 2.11. The van der Waals surface area contributed by atoms with Gasteiger partial charge in [-0.25, -0.2) is 4.68 Å². The van der Waals surface area contributed by atoms with Gasteiger partial charge in [-0.3, -0.25) is 9.59 Å². The van der Waals surface area contributed by atoms with Crippen LogP contribution in [0.25, 0.3) is 5.69 Å². The van der Waals surface area contributed by atoms with Crippen LogP contribution in [0.2, 0.25) is 0 Å². The Morgan fingerprint density at radius 1 is 1.22 bits per heavy atom. The average molecular weight is 379 g/mol. The van der Waals surface area contributed by atoms with E-state index in [2.05, 4.69) is 5.10 Å². The number of carbonyl (C=O) groups is 1. The maximum absolute atomic E-state index is 13.4. The van der Waals surface area contributed by atoms with Gasteiger partial charge in [0, 0.05) is 24.3 Å². The molecule has 2 heterocycles. The maximum atomic E-state index is 13.4. The smallest absolute Gasteiger partial charge is 0.334 e. The van der Waals surface area contributed by atoms with Crippen LogP contribution in [-0.2, 0) is 6.18 Å². The monoisotopic (exact) mass is 379 g/mol. The van der Waals surface area contributed by atoms with Crippen molar-refractivity contribution in [3.8, 4) is 5.69 Å². The molecule has 1 aromatic carbocycles. The summed E-state index contributed by atoms with van der Waals surface area (Å²) >= 11 is 0. The Hall–Kier alpha value is -2.64. The third kappa shape index (κ3) is 3.74. The quantitative estimate of drug-likeness (QED) is 0.802. The number of piperidine rings is 1. The number of alkyl halides is 3. The minimum Gasteiger partial charge on any atom is -0.334 e. The molecule has 2 aromatic rings. The zero-order valence-corrected chi connectivity index (χ0v) is 15.1. The van der Waals surface area contributed by atoms with Crippen LogP contribution < -0.4 is 5.43 Å². The average Bonchev–Trinajstić information content (AvgIpc) is 2.61. The molecule has 5 nitrogen and oxygen atoms in total. The summed E-state index contributed by atoms with van der Waals surface area (Å²) in [6.45, 7) is 3.89. The van der Waals surface area contributed by atoms with Gasteiger partial charge in [-0.15, -0.1) is 0 Å². The second-order valence-electron chi connectivity index (χ2n) is 6.77. The SMILES string of the molecule is Cc1cc(=O)c(C(=O)N2CCCC[C@@H]2C)nn1-c1ccccc1C(F)(F)F. The van der Waals surface area contributed by atoms with Gasteiger partial charge in [0.15, 0.2) is 5.69 Å². The van der Waals surface area contributed by atoms with Gasteiger partial charge < -0.3 is 4.90 Å². The molecule has 0 spiro atoms.